The molecule has 2 aliphatic heterocycles. The highest BCUT2D eigenvalue weighted by molar-refractivity contribution is 5.99. The first-order chi connectivity index (χ1) is 14.6. The van der Waals surface area contributed by atoms with Crippen LogP contribution in [0, 0.1) is 11.7 Å². The number of hydrogen-bond acceptors (Lipinski definition) is 4. The van der Waals surface area contributed by atoms with Crippen LogP contribution in [0.3, 0.4) is 0 Å². The number of nitrogens with zero attached hydrogens (tertiary/aromatic N) is 3. The van der Waals surface area contributed by atoms with Gasteiger partial charge in [0.2, 0.25) is 5.91 Å². The molecule has 11 heteroatoms. The van der Waals surface area contributed by atoms with Crippen LogP contribution in [0.4, 0.5) is 23.4 Å². The van der Waals surface area contributed by atoms with Gasteiger partial charge < -0.3 is 16.0 Å². The Balaban J connectivity index is 1.63. The lowest BCUT2D eigenvalue weighted by Crippen LogP contribution is -2.42. The first-order valence-corrected chi connectivity index (χ1v) is 9.90. The van der Waals surface area contributed by atoms with Gasteiger partial charge in [-0.25, -0.2) is 9.07 Å². The van der Waals surface area contributed by atoms with Crippen molar-refractivity contribution in [2.24, 2.45) is 11.7 Å². The summed E-state index contributed by atoms with van der Waals surface area (Å²) in [6.07, 6.45) is -2.98. The summed E-state index contributed by atoms with van der Waals surface area (Å²) in [6, 6.07) is 2.50. The van der Waals surface area contributed by atoms with Gasteiger partial charge in [-0.15, -0.1) is 0 Å². The summed E-state index contributed by atoms with van der Waals surface area (Å²) in [5.41, 5.74) is 5.82. The van der Waals surface area contributed by atoms with Gasteiger partial charge in [-0.05, 0) is 30.5 Å². The van der Waals surface area contributed by atoms with Crippen molar-refractivity contribution in [1.29, 1.82) is 0 Å². The highest BCUT2D eigenvalue weighted by atomic mass is 19.4. The van der Waals surface area contributed by atoms with E-state index in [1.807, 2.05) is 0 Å². The lowest BCUT2D eigenvalue weighted by molar-refractivity contribution is -0.173. The minimum Gasteiger partial charge on any atom is -0.369 e. The van der Waals surface area contributed by atoms with E-state index in [1.54, 1.807) is 0 Å². The lowest BCUT2D eigenvalue weighted by atomic mass is 9.95. The number of rotatable bonds is 3. The number of aromatic nitrogens is 2. The van der Waals surface area contributed by atoms with Gasteiger partial charge in [0.05, 0.1) is 12.2 Å². The van der Waals surface area contributed by atoms with Crippen LogP contribution in [0.25, 0.3) is 0 Å². The van der Waals surface area contributed by atoms with Crippen LogP contribution in [0.5, 0.6) is 0 Å². The molecule has 31 heavy (non-hydrogen) atoms. The summed E-state index contributed by atoms with van der Waals surface area (Å²) in [5, 5.41) is 6.85. The third kappa shape index (κ3) is 4.08. The molecular formula is C20H21F4N5O2. The summed E-state index contributed by atoms with van der Waals surface area (Å²) >= 11 is 0. The molecule has 0 unspecified atom stereocenters. The first kappa shape index (κ1) is 21.1. The Labute approximate surface area is 175 Å². The maximum absolute atomic E-state index is 13.8. The third-order valence-electron chi connectivity index (χ3n) is 5.93. The Morgan fingerprint density at radius 2 is 1.77 bits per heavy atom. The fraction of sp³-hybridized carbons (Fsp3) is 0.450. The highest BCUT2D eigenvalue weighted by Crippen LogP contribution is 2.44. The fourth-order valence-electron chi connectivity index (χ4n) is 4.17. The first-order valence-electron chi connectivity index (χ1n) is 9.90. The van der Waals surface area contributed by atoms with Crippen LogP contribution in [0.1, 0.15) is 47.3 Å². The standard InChI is InChI=1S/C20H21F4N5O2/c21-13-3-1-11(2-4-13)15-9-16(20(22,23)24)29-18(27-15)14(10-26-29)19(31)28-7-5-12(6-8-28)17(25)30/h1-4,10,12,15-16,27H,5-9H2,(H2,25,30)/t15-,16-/m1/s1. The zero-order valence-electron chi connectivity index (χ0n) is 16.4. The summed E-state index contributed by atoms with van der Waals surface area (Å²) in [4.78, 5) is 25.9. The Kier molecular flexibility index (Phi) is 5.36. The van der Waals surface area contributed by atoms with E-state index in [0.717, 1.165) is 10.9 Å². The number of hydrogen-bond donors (Lipinski definition) is 2. The quantitative estimate of drug-likeness (QED) is 0.719. The molecule has 0 bridgehead atoms. The van der Waals surface area contributed by atoms with Crippen molar-refractivity contribution in [3.05, 3.63) is 47.4 Å². The molecule has 2 atom stereocenters. The van der Waals surface area contributed by atoms with E-state index in [0.29, 0.717) is 18.4 Å². The smallest absolute Gasteiger partial charge is 0.369 e. The number of nitrogens with one attached hydrogen (secondary N) is 1. The van der Waals surface area contributed by atoms with Gasteiger partial charge in [-0.3, -0.25) is 9.59 Å². The molecule has 4 rings (SSSR count). The van der Waals surface area contributed by atoms with E-state index in [9.17, 15) is 27.2 Å². The average molecular weight is 439 g/mol. The van der Waals surface area contributed by atoms with Crippen molar-refractivity contribution in [1.82, 2.24) is 14.7 Å². The van der Waals surface area contributed by atoms with Crippen LogP contribution in [-0.4, -0.2) is 45.8 Å². The summed E-state index contributed by atoms with van der Waals surface area (Å²) < 4.78 is 55.4. The molecule has 2 aliphatic rings. The van der Waals surface area contributed by atoms with Gasteiger partial charge in [-0.1, -0.05) is 12.1 Å². The van der Waals surface area contributed by atoms with E-state index in [1.165, 1.54) is 29.2 Å². The number of piperidine rings is 1. The van der Waals surface area contributed by atoms with Crippen LogP contribution in [0.15, 0.2) is 30.5 Å². The maximum Gasteiger partial charge on any atom is 0.410 e. The number of nitrogens with two attached hydrogens (primary N) is 1. The third-order valence-corrected chi connectivity index (χ3v) is 5.93. The second-order valence-electron chi connectivity index (χ2n) is 7.86. The van der Waals surface area contributed by atoms with Gasteiger partial charge in [0, 0.05) is 25.4 Å². The van der Waals surface area contributed by atoms with Gasteiger partial charge in [0.15, 0.2) is 6.04 Å². The number of halogens is 4. The van der Waals surface area contributed by atoms with E-state index in [4.69, 9.17) is 5.73 Å². The van der Waals surface area contributed by atoms with Crippen LogP contribution >= 0.6 is 0 Å². The molecule has 3 N–H and O–H groups in total. The molecule has 7 nitrogen and oxygen atoms in total. The predicted molar refractivity (Wildman–Crippen MR) is 103 cm³/mol. The zero-order valence-corrected chi connectivity index (χ0v) is 16.4. The number of alkyl halides is 3. The minimum absolute atomic E-state index is 0.0232. The molecule has 0 saturated carbocycles. The Morgan fingerprint density at radius 3 is 2.35 bits per heavy atom. The van der Waals surface area contributed by atoms with Crippen molar-refractivity contribution in [3.63, 3.8) is 0 Å². The number of amides is 2. The van der Waals surface area contributed by atoms with Gasteiger partial charge in [0.25, 0.3) is 5.91 Å². The molecule has 1 fully saturated rings. The van der Waals surface area contributed by atoms with Crippen LogP contribution in [0.2, 0.25) is 0 Å². The van der Waals surface area contributed by atoms with Crippen molar-refractivity contribution in [2.45, 2.75) is 37.5 Å². The number of benzene rings is 1. The van der Waals surface area contributed by atoms with E-state index >= 15 is 0 Å². The van der Waals surface area contributed by atoms with Gasteiger partial charge in [0.1, 0.15) is 17.2 Å². The topological polar surface area (TPSA) is 93.2 Å². The maximum atomic E-state index is 13.8. The predicted octanol–water partition coefficient (Wildman–Crippen LogP) is 3.02. The van der Waals surface area contributed by atoms with Crippen molar-refractivity contribution in [2.75, 3.05) is 18.4 Å². The molecule has 3 heterocycles. The van der Waals surface area contributed by atoms with E-state index < -0.39 is 35.9 Å². The Hall–Kier alpha value is -3.11. The van der Waals surface area contributed by atoms with Crippen molar-refractivity contribution < 1.29 is 27.2 Å². The number of likely N-dealkylation sites (tertiary alicyclic amines) is 1. The van der Waals surface area contributed by atoms with Crippen LogP contribution < -0.4 is 11.1 Å². The van der Waals surface area contributed by atoms with Gasteiger partial charge >= 0.3 is 6.18 Å². The molecule has 0 spiro atoms. The monoisotopic (exact) mass is 439 g/mol. The molecular weight excluding hydrogens is 418 g/mol. The SMILES string of the molecule is NC(=O)C1CCN(C(=O)c2cnn3c2N[C@@H](c2ccc(F)cc2)C[C@@H]3C(F)(F)F)CC1. The molecule has 2 amide bonds. The van der Waals surface area contributed by atoms with Gasteiger partial charge in [-0.2, -0.15) is 18.3 Å². The Bertz CT molecular complexity index is 980. The molecule has 1 saturated heterocycles. The Morgan fingerprint density at radius 1 is 1.13 bits per heavy atom. The molecule has 2 aromatic rings. The summed E-state index contributed by atoms with van der Waals surface area (Å²) in [7, 11) is 0. The summed E-state index contributed by atoms with van der Waals surface area (Å²) in [6.45, 7) is 0.558. The number of anilines is 1. The normalized spacial score (nSPS) is 22.0. The summed E-state index contributed by atoms with van der Waals surface area (Å²) in [5.74, 6) is -1.72. The van der Waals surface area contributed by atoms with Crippen LogP contribution in [-0.2, 0) is 4.79 Å². The van der Waals surface area contributed by atoms with Crippen molar-refractivity contribution >= 4 is 17.6 Å². The molecule has 1 aromatic heterocycles. The fourth-order valence-corrected chi connectivity index (χ4v) is 4.17. The molecule has 0 radical (unpaired) electrons. The number of primary amides is 1. The molecule has 0 aliphatic carbocycles. The second-order valence-corrected chi connectivity index (χ2v) is 7.86. The van der Waals surface area contributed by atoms with E-state index in [-0.39, 0.29) is 36.8 Å². The van der Waals surface area contributed by atoms with E-state index in [2.05, 4.69) is 10.4 Å². The zero-order chi connectivity index (χ0) is 22.3. The second kappa shape index (κ2) is 7.86. The number of carbonyl (C=O) groups is 2. The molecule has 166 valence electrons. The largest absolute Gasteiger partial charge is 0.410 e. The lowest BCUT2D eigenvalue weighted by Gasteiger charge is -2.35. The number of carbonyl (C=O) groups excluding carboxylic acids is 2. The molecule has 1 aromatic carbocycles. The highest BCUT2D eigenvalue weighted by Gasteiger charge is 2.47. The number of fused-ring (bicyclic) bond motifs is 1. The van der Waals surface area contributed by atoms with Crippen molar-refractivity contribution in [3.8, 4) is 0 Å². The average Bonchev–Trinajstić information content (AvgIpc) is 3.16. The minimum atomic E-state index is -4.58.